The van der Waals surface area contributed by atoms with E-state index in [-0.39, 0.29) is 21.5 Å². The summed E-state index contributed by atoms with van der Waals surface area (Å²) in [5.41, 5.74) is 0.710. The number of ether oxygens (including phenoxy) is 1. The van der Waals surface area contributed by atoms with E-state index in [0.29, 0.717) is 16.0 Å². The maximum Gasteiger partial charge on any atom is 0.284 e. The van der Waals surface area contributed by atoms with E-state index >= 15 is 0 Å². The van der Waals surface area contributed by atoms with Crippen molar-refractivity contribution in [3.05, 3.63) is 58.1 Å². The highest BCUT2D eigenvalue weighted by Gasteiger charge is 2.23. The molecule has 3 rings (SSSR count). The summed E-state index contributed by atoms with van der Waals surface area (Å²) >= 11 is 2.30. The first kappa shape index (κ1) is 23.9. The van der Waals surface area contributed by atoms with Crippen LogP contribution in [0.1, 0.15) is 19.4 Å². The highest BCUT2D eigenvalue weighted by molar-refractivity contribution is 8.01. The lowest BCUT2D eigenvalue weighted by molar-refractivity contribution is -0.388. The number of anilines is 1. The van der Waals surface area contributed by atoms with E-state index in [0.717, 1.165) is 29.1 Å². The summed E-state index contributed by atoms with van der Waals surface area (Å²) in [5, 5.41) is 23.4. The average Bonchev–Trinajstić information content (AvgIpc) is 3.19. The lowest BCUT2D eigenvalue weighted by Crippen LogP contribution is -2.30. The molecule has 2 aromatic carbocycles. The van der Waals surface area contributed by atoms with Gasteiger partial charge in [-0.2, -0.15) is 0 Å². The Hall–Kier alpha value is -2.74. The summed E-state index contributed by atoms with van der Waals surface area (Å²) in [7, 11) is -2.24. The molecule has 170 valence electrons. The molecule has 1 heterocycles. The Kier molecular flexibility index (Phi) is 7.66. The third kappa shape index (κ3) is 6.16. The fraction of sp³-hybridized carbons (Fsp3) is 0.263. The molecule has 0 aliphatic rings. The Morgan fingerprint density at radius 1 is 1.19 bits per heavy atom. The largest absolute Gasteiger partial charge is 0.497 e. The molecule has 0 aliphatic heterocycles. The van der Waals surface area contributed by atoms with Gasteiger partial charge < -0.3 is 10.1 Å². The maximum absolute atomic E-state index is 12.3. The maximum atomic E-state index is 12.3. The van der Waals surface area contributed by atoms with Crippen molar-refractivity contribution in [3.63, 3.8) is 0 Å². The molecule has 0 amide bonds. The van der Waals surface area contributed by atoms with Crippen molar-refractivity contribution in [1.29, 1.82) is 0 Å². The van der Waals surface area contributed by atoms with Crippen molar-refractivity contribution in [3.8, 4) is 5.75 Å². The Bertz CT molecular complexity index is 1200. The molecule has 3 aromatic rings. The summed E-state index contributed by atoms with van der Waals surface area (Å²) in [4.78, 5) is 11.0. The number of benzene rings is 2. The summed E-state index contributed by atoms with van der Waals surface area (Å²) in [6.07, 6.45) is 0. The van der Waals surface area contributed by atoms with Crippen LogP contribution < -0.4 is 14.8 Å². The minimum atomic E-state index is -3.85. The zero-order chi connectivity index (χ0) is 23.3. The quantitative estimate of drug-likeness (QED) is 0.317. The SMILES string of the molecule is COc1ccc(CNc2nnc(Sc3ccc(S(=O)(=O)NC(C)C)cc3[N+](=O)[O-])s2)cc1. The van der Waals surface area contributed by atoms with Crippen LogP contribution >= 0.6 is 23.1 Å². The normalized spacial score (nSPS) is 11.5. The zero-order valence-electron chi connectivity index (χ0n) is 17.4. The Morgan fingerprint density at radius 2 is 1.91 bits per heavy atom. The molecule has 0 saturated heterocycles. The van der Waals surface area contributed by atoms with E-state index in [2.05, 4.69) is 20.2 Å². The number of aromatic nitrogens is 2. The zero-order valence-corrected chi connectivity index (χ0v) is 19.9. The molecule has 0 fully saturated rings. The summed E-state index contributed by atoms with van der Waals surface area (Å²) in [6.45, 7) is 3.87. The van der Waals surface area contributed by atoms with Crippen LogP contribution in [0.15, 0.2) is 56.6 Å². The molecular weight excluding hydrogens is 474 g/mol. The van der Waals surface area contributed by atoms with E-state index in [4.69, 9.17) is 4.74 Å². The minimum absolute atomic E-state index is 0.165. The van der Waals surface area contributed by atoms with E-state index in [9.17, 15) is 18.5 Å². The second-order valence-electron chi connectivity index (χ2n) is 6.84. The van der Waals surface area contributed by atoms with Crippen molar-refractivity contribution in [2.24, 2.45) is 0 Å². The van der Waals surface area contributed by atoms with Crippen molar-refractivity contribution in [2.45, 2.75) is 40.6 Å². The van der Waals surface area contributed by atoms with Crippen molar-refractivity contribution in [2.75, 3.05) is 12.4 Å². The molecule has 2 N–H and O–H groups in total. The average molecular weight is 496 g/mol. The Morgan fingerprint density at radius 3 is 2.53 bits per heavy atom. The lowest BCUT2D eigenvalue weighted by Gasteiger charge is -2.10. The van der Waals surface area contributed by atoms with E-state index in [1.165, 1.54) is 23.5 Å². The van der Waals surface area contributed by atoms with Gasteiger partial charge in [0.25, 0.3) is 5.69 Å². The number of nitrogens with zero attached hydrogens (tertiary/aromatic N) is 3. The molecule has 32 heavy (non-hydrogen) atoms. The van der Waals surface area contributed by atoms with Crippen molar-refractivity contribution in [1.82, 2.24) is 14.9 Å². The Labute approximate surface area is 193 Å². The molecule has 0 bridgehead atoms. The van der Waals surface area contributed by atoms with Gasteiger partial charge in [0, 0.05) is 18.7 Å². The molecular formula is C19H21N5O5S3. The van der Waals surface area contributed by atoms with Crippen molar-refractivity contribution < 1.29 is 18.1 Å². The molecule has 0 spiro atoms. The third-order valence-electron chi connectivity index (χ3n) is 4.03. The fourth-order valence-corrected chi connectivity index (χ4v) is 5.67. The first-order valence-electron chi connectivity index (χ1n) is 9.37. The fourth-order valence-electron chi connectivity index (χ4n) is 2.61. The molecule has 0 aliphatic carbocycles. The van der Waals surface area contributed by atoms with E-state index < -0.39 is 14.9 Å². The standard InChI is InChI=1S/C19H21N5O5S3/c1-12(2)23-32(27,28)15-8-9-17(16(10-15)24(25)26)30-19-22-21-18(31-19)20-11-13-4-6-14(29-3)7-5-13/h4-10,12,23H,11H2,1-3H3,(H,20,21). The predicted molar refractivity (Wildman–Crippen MR) is 123 cm³/mol. The van der Waals surface area contributed by atoms with Gasteiger partial charge in [-0.25, -0.2) is 13.1 Å². The van der Waals surface area contributed by atoms with Crippen LogP contribution in [0.4, 0.5) is 10.8 Å². The van der Waals surface area contributed by atoms with Gasteiger partial charge >= 0.3 is 0 Å². The second-order valence-corrected chi connectivity index (χ2v) is 10.8. The predicted octanol–water partition coefficient (Wildman–Crippen LogP) is 3.90. The topological polar surface area (TPSA) is 136 Å². The number of nitrogens with one attached hydrogen (secondary N) is 2. The molecule has 0 atom stereocenters. The molecule has 0 saturated carbocycles. The summed E-state index contributed by atoms with van der Waals surface area (Å²) < 4.78 is 32.7. The van der Waals surface area contributed by atoms with Crippen LogP contribution in [0.25, 0.3) is 0 Å². The van der Waals surface area contributed by atoms with Crippen LogP contribution in [0.2, 0.25) is 0 Å². The minimum Gasteiger partial charge on any atom is -0.497 e. The Balaban J connectivity index is 1.72. The van der Waals surface area contributed by atoms with Crippen LogP contribution in [0.3, 0.4) is 0 Å². The monoisotopic (exact) mass is 495 g/mol. The highest BCUT2D eigenvalue weighted by atomic mass is 32.2. The number of hydrogen-bond acceptors (Lipinski definition) is 10. The van der Waals surface area contributed by atoms with Gasteiger partial charge in [0.15, 0.2) is 4.34 Å². The van der Waals surface area contributed by atoms with E-state index in [1.807, 2.05) is 24.3 Å². The van der Waals surface area contributed by atoms with Gasteiger partial charge in [-0.1, -0.05) is 23.5 Å². The van der Waals surface area contributed by atoms with Gasteiger partial charge in [0.2, 0.25) is 15.2 Å². The molecule has 13 heteroatoms. The summed E-state index contributed by atoms with van der Waals surface area (Å²) in [6, 6.07) is 11.0. The number of rotatable bonds is 10. The number of nitro benzene ring substituents is 1. The van der Waals surface area contributed by atoms with Gasteiger partial charge in [0.05, 0.1) is 21.8 Å². The van der Waals surface area contributed by atoms with Gasteiger partial charge in [0.1, 0.15) is 5.75 Å². The molecule has 10 nitrogen and oxygen atoms in total. The van der Waals surface area contributed by atoms with Crippen LogP contribution in [-0.4, -0.2) is 36.7 Å². The van der Waals surface area contributed by atoms with Gasteiger partial charge in [-0.05, 0) is 55.4 Å². The van der Waals surface area contributed by atoms with E-state index in [1.54, 1.807) is 21.0 Å². The molecule has 0 unspecified atom stereocenters. The highest BCUT2D eigenvalue weighted by Crippen LogP contribution is 2.38. The number of sulfonamides is 1. The van der Waals surface area contributed by atoms with Crippen LogP contribution in [-0.2, 0) is 16.6 Å². The third-order valence-corrected chi connectivity index (χ3v) is 7.69. The number of methoxy groups -OCH3 is 1. The summed E-state index contributed by atoms with van der Waals surface area (Å²) in [5.74, 6) is 0.767. The number of hydrogen-bond donors (Lipinski definition) is 2. The van der Waals surface area contributed by atoms with Crippen LogP contribution in [0, 0.1) is 10.1 Å². The number of nitro groups is 1. The van der Waals surface area contributed by atoms with Gasteiger partial charge in [-0.3, -0.25) is 10.1 Å². The van der Waals surface area contributed by atoms with Gasteiger partial charge in [-0.15, -0.1) is 10.2 Å². The van der Waals surface area contributed by atoms with Crippen LogP contribution in [0.5, 0.6) is 5.75 Å². The smallest absolute Gasteiger partial charge is 0.284 e. The molecule has 0 radical (unpaired) electrons. The second kappa shape index (κ2) is 10.3. The lowest BCUT2D eigenvalue weighted by atomic mass is 10.2. The van der Waals surface area contributed by atoms with Crippen molar-refractivity contribution >= 4 is 43.9 Å². The first-order chi connectivity index (χ1) is 15.2. The molecule has 1 aromatic heterocycles. The first-order valence-corrected chi connectivity index (χ1v) is 12.5.